The first-order valence-electron chi connectivity index (χ1n) is 8.48. The van der Waals surface area contributed by atoms with E-state index in [1.165, 1.54) is 60.4 Å². The minimum absolute atomic E-state index is 0.168. The van der Waals surface area contributed by atoms with Crippen molar-refractivity contribution in [1.82, 2.24) is 0 Å². The molecule has 114 valence electrons. The second-order valence-electron chi connectivity index (χ2n) is 6.18. The predicted octanol–water partition coefficient (Wildman–Crippen LogP) is 5.90. The molecule has 1 atom stereocenters. The third-order valence-corrected chi connectivity index (χ3v) is 4.44. The zero-order chi connectivity index (χ0) is 15.1. The van der Waals surface area contributed by atoms with E-state index in [0.29, 0.717) is 0 Å². The highest BCUT2D eigenvalue weighted by Gasteiger charge is 2.10. The number of rotatable bonds is 8. The van der Waals surface area contributed by atoms with Gasteiger partial charge in [-0.15, -0.1) is 0 Å². The molecule has 2 rings (SSSR count). The summed E-state index contributed by atoms with van der Waals surface area (Å²) in [5.41, 5.74) is 9.10. The number of aryl methyl sites for hydroxylation is 1. The van der Waals surface area contributed by atoms with Crippen LogP contribution in [-0.2, 0) is 0 Å². The van der Waals surface area contributed by atoms with E-state index in [2.05, 4.69) is 50.2 Å². The Morgan fingerprint density at radius 2 is 1.52 bits per heavy atom. The van der Waals surface area contributed by atoms with Gasteiger partial charge in [0.05, 0.1) is 0 Å². The molecule has 0 aromatic heterocycles. The monoisotopic (exact) mass is 283 g/mol. The van der Waals surface area contributed by atoms with Crippen LogP contribution in [0.4, 0.5) is 0 Å². The standard InChI is InChI=1S/C20H29N/c1-3-4-5-6-7-8-13-20(21)19-15-14-16(2)17-11-9-10-12-18(17)19/h9-12,14-15,20H,3-8,13,21H2,1-2H3. The molecule has 0 aliphatic heterocycles. The molecule has 1 heteroatoms. The van der Waals surface area contributed by atoms with Crippen LogP contribution in [-0.4, -0.2) is 0 Å². The highest BCUT2D eigenvalue weighted by atomic mass is 14.6. The van der Waals surface area contributed by atoms with Crippen LogP contribution in [0.2, 0.25) is 0 Å². The maximum atomic E-state index is 6.45. The first-order chi connectivity index (χ1) is 10.2. The van der Waals surface area contributed by atoms with E-state index in [9.17, 15) is 0 Å². The summed E-state index contributed by atoms with van der Waals surface area (Å²) in [6.07, 6.45) is 9.07. The Morgan fingerprint density at radius 1 is 0.857 bits per heavy atom. The van der Waals surface area contributed by atoms with E-state index >= 15 is 0 Å². The summed E-state index contributed by atoms with van der Waals surface area (Å²) in [7, 11) is 0. The van der Waals surface area contributed by atoms with Crippen molar-refractivity contribution >= 4 is 10.8 Å². The Labute approximate surface area is 129 Å². The fraction of sp³-hybridized carbons (Fsp3) is 0.500. The lowest BCUT2D eigenvalue weighted by molar-refractivity contribution is 0.549. The summed E-state index contributed by atoms with van der Waals surface area (Å²) >= 11 is 0. The molecule has 2 N–H and O–H groups in total. The summed E-state index contributed by atoms with van der Waals surface area (Å²) < 4.78 is 0. The molecule has 0 saturated carbocycles. The highest BCUT2D eigenvalue weighted by Crippen LogP contribution is 2.28. The maximum absolute atomic E-state index is 6.45. The van der Waals surface area contributed by atoms with Gasteiger partial charge in [-0.05, 0) is 35.2 Å². The van der Waals surface area contributed by atoms with E-state index < -0.39 is 0 Å². The number of hydrogen-bond donors (Lipinski definition) is 1. The van der Waals surface area contributed by atoms with Crippen molar-refractivity contribution in [3.8, 4) is 0 Å². The first kappa shape index (κ1) is 16.0. The zero-order valence-corrected chi connectivity index (χ0v) is 13.6. The Balaban J connectivity index is 1.97. The third-order valence-electron chi connectivity index (χ3n) is 4.44. The average Bonchev–Trinajstić information content (AvgIpc) is 2.51. The smallest absolute Gasteiger partial charge is 0.0301 e. The number of fused-ring (bicyclic) bond motifs is 1. The van der Waals surface area contributed by atoms with Gasteiger partial charge in [0.1, 0.15) is 0 Å². The van der Waals surface area contributed by atoms with Crippen LogP contribution in [0.25, 0.3) is 10.8 Å². The molecule has 0 amide bonds. The van der Waals surface area contributed by atoms with Gasteiger partial charge in [0, 0.05) is 6.04 Å². The molecule has 0 aliphatic carbocycles. The summed E-state index contributed by atoms with van der Waals surface area (Å²) in [4.78, 5) is 0. The Kier molecular flexibility index (Phi) is 6.25. The van der Waals surface area contributed by atoms with E-state index in [0.717, 1.165) is 6.42 Å². The third kappa shape index (κ3) is 4.31. The molecule has 1 unspecified atom stereocenters. The molecule has 0 aliphatic rings. The van der Waals surface area contributed by atoms with Gasteiger partial charge in [-0.1, -0.05) is 81.8 Å². The first-order valence-corrected chi connectivity index (χ1v) is 8.48. The van der Waals surface area contributed by atoms with Gasteiger partial charge < -0.3 is 5.73 Å². The maximum Gasteiger partial charge on any atom is 0.0301 e. The minimum Gasteiger partial charge on any atom is -0.324 e. The predicted molar refractivity (Wildman–Crippen MR) is 93.6 cm³/mol. The van der Waals surface area contributed by atoms with Crippen LogP contribution < -0.4 is 5.73 Å². The van der Waals surface area contributed by atoms with Gasteiger partial charge >= 0.3 is 0 Å². The van der Waals surface area contributed by atoms with Crippen LogP contribution in [0.1, 0.15) is 69.0 Å². The molecule has 1 nitrogen and oxygen atoms in total. The van der Waals surface area contributed by atoms with Gasteiger partial charge in [-0.25, -0.2) is 0 Å². The molecular weight excluding hydrogens is 254 g/mol. The number of benzene rings is 2. The fourth-order valence-electron chi connectivity index (χ4n) is 3.10. The van der Waals surface area contributed by atoms with E-state index in [-0.39, 0.29) is 6.04 Å². The second kappa shape index (κ2) is 8.19. The number of nitrogens with two attached hydrogens (primary N) is 1. The van der Waals surface area contributed by atoms with Crippen molar-refractivity contribution in [3.63, 3.8) is 0 Å². The largest absolute Gasteiger partial charge is 0.324 e. The summed E-state index contributed by atoms with van der Waals surface area (Å²) in [6, 6.07) is 13.2. The van der Waals surface area contributed by atoms with Crippen molar-refractivity contribution in [1.29, 1.82) is 0 Å². The normalized spacial score (nSPS) is 12.7. The molecule has 0 spiro atoms. The molecular formula is C20H29N. The lowest BCUT2D eigenvalue weighted by Gasteiger charge is -2.16. The van der Waals surface area contributed by atoms with E-state index in [1.807, 2.05) is 0 Å². The van der Waals surface area contributed by atoms with Gasteiger partial charge in [0.15, 0.2) is 0 Å². The zero-order valence-electron chi connectivity index (χ0n) is 13.6. The minimum atomic E-state index is 0.168. The molecule has 0 saturated heterocycles. The topological polar surface area (TPSA) is 26.0 Å². The number of unbranched alkanes of at least 4 members (excludes halogenated alkanes) is 5. The van der Waals surface area contributed by atoms with Gasteiger partial charge in [0.25, 0.3) is 0 Å². The molecule has 0 radical (unpaired) electrons. The molecule has 0 heterocycles. The Bertz CT molecular complexity index is 559. The van der Waals surface area contributed by atoms with Crippen LogP contribution in [0.5, 0.6) is 0 Å². The molecule has 0 fully saturated rings. The van der Waals surface area contributed by atoms with Crippen molar-refractivity contribution in [3.05, 3.63) is 47.5 Å². The molecule has 2 aromatic rings. The number of hydrogen-bond acceptors (Lipinski definition) is 1. The molecule has 21 heavy (non-hydrogen) atoms. The van der Waals surface area contributed by atoms with Gasteiger partial charge in [-0.2, -0.15) is 0 Å². The van der Waals surface area contributed by atoms with Crippen LogP contribution in [0.15, 0.2) is 36.4 Å². The second-order valence-corrected chi connectivity index (χ2v) is 6.18. The Morgan fingerprint density at radius 3 is 2.29 bits per heavy atom. The molecule has 2 aromatic carbocycles. The van der Waals surface area contributed by atoms with Crippen molar-refractivity contribution in [2.24, 2.45) is 5.73 Å². The van der Waals surface area contributed by atoms with Crippen LogP contribution in [0.3, 0.4) is 0 Å². The van der Waals surface area contributed by atoms with Gasteiger partial charge in [-0.3, -0.25) is 0 Å². The van der Waals surface area contributed by atoms with Crippen molar-refractivity contribution in [2.75, 3.05) is 0 Å². The Hall–Kier alpha value is -1.34. The molecule has 0 bridgehead atoms. The van der Waals surface area contributed by atoms with Crippen LogP contribution in [0, 0.1) is 6.92 Å². The van der Waals surface area contributed by atoms with E-state index in [4.69, 9.17) is 5.73 Å². The lowest BCUT2D eigenvalue weighted by Crippen LogP contribution is -2.10. The van der Waals surface area contributed by atoms with Crippen molar-refractivity contribution in [2.45, 2.75) is 64.8 Å². The fourth-order valence-corrected chi connectivity index (χ4v) is 3.10. The SMILES string of the molecule is CCCCCCCCC(N)c1ccc(C)c2ccccc12. The lowest BCUT2D eigenvalue weighted by atomic mass is 9.93. The van der Waals surface area contributed by atoms with Crippen LogP contribution >= 0.6 is 0 Å². The highest BCUT2D eigenvalue weighted by molar-refractivity contribution is 5.88. The average molecular weight is 283 g/mol. The van der Waals surface area contributed by atoms with Gasteiger partial charge in [0.2, 0.25) is 0 Å². The quantitative estimate of drug-likeness (QED) is 0.600. The summed E-state index contributed by atoms with van der Waals surface area (Å²) in [6.45, 7) is 4.43. The summed E-state index contributed by atoms with van der Waals surface area (Å²) in [5, 5.41) is 2.67. The van der Waals surface area contributed by atoms with E-state index in [1.54, 1.807) is 0 Å². The van der Waals surface area contributed by atoms with Crippen molar-refractivity contribution < 1.29 is 0 Å². The summed E-state index contributed by atoms with van der Waals surface area (Å²) in [5.74, 6) is 0.